The van der Waals surface area contributed by atoms with Crippen LogP contribution >= 0.6 is 0 Å². The molecule has 1 N–H and O–H groups in total. The van der Waals surface area contributed by atoms with Gasteiger partial charge in [-0.2, -0.15) is 0 Å². The molecule has 0 bridgehead atoms. The maximum absolute atomic E-state index is 12.3. The summed E-state index contributed by atoms with van der Waals surface area (Å²) in [6, 6.07) is 8.73. The molecule has 0 unspecified atom stereocenters. The third-order valence-corrected chi connectivity index (χ3v) is 2.90. The predicted octanol–water partition coefficient (Wildman–Crippen LogP) is 2.37. The fourth-order valence-electron chi connectivity index (χ4n) is 1.86. The van der Waals surface area contributed by atoms with Gasteiger partial charge in [0.1, 0.15) is 5.75 Å². The number of aryl methyl sites for hydroxylation is 1. The third kappa shape index (κ3) is 3.10. The lowest BCUT2D eigenvalue weighted by Crippen LogP contribution is -2.26. The number of carbonyl (C=O) groups excluding carboxylic acids is 1. The normalized spacial score (nSPS) is 10.2. The highest BCUT2D eigenvalue weighted by atomic mass is 16.3. The number of rotatable bonds is 3. The van der Waals surface area contributed by atoms with Crippen molar-refractivity contribution >= 4 is 5.91 Å². The Morgan fingerprint density at radius 2 is 1.95 bits per heavy atom. The lowest BCUT2D eigenvalue weighted by atomic mass is 10.1. The molecule has 0 fully saturated rings. The summed E-state index contributed by atoms with van der Waals surface area (Å²) in [5.74, 6) is -0.185. The Bertz CT molecular complexity index is 582. The summed E-state index contributed by atoms with van der Waals surface area (Å²) < 4.78 is 0. The second kappa shape index (κ2) is 5.52. The van der Waals surface area contributed by atoms with Crippen LogP contribution in [0.5, 0.6) is 5.75 Å². The lowest BCUT2D eigenvalue weighted by Gasteiger charge is -2.18. The number of aromatic hydroxyl groups is 1. The molecule has 1 amide bonds. The van der Waals surface area contributed by atoms with Crippen molar-refractivity contribution in [1.82, 2.24) is 9.88 Å². The van der Waals surface area contributed by atoms with Gasteiger partial charge in [0.05, 0.1) is 5.56 Å². The van der Waals surface area contributed by atoms with Crippen molar-refractivity contribution in [3.05, 3.63) is 59.4 Å². The van der Waals surface area contributed by atoms with Crippen LogP contribution in [-0.4, -0.2) is 27.9 Å². The Morgan fingerprint density at radius 3 is 2.63 bits per heavy atom. The average Bonchev–Trinajstić information content (AvgIpc) is 2.42. The van der Waals surface area contributed by atoms with Gasteiger partial charge in [-0.3, -0.25) is 9.78 Å². The highest BCUT2D eigenvalue weighted by molar-refractivity contribution is 5.96. The molecule has 0 spiro atoms. The molecular weight excluding hydrogens is 240 g/mol. The van der Waals surface area contributed by atoms with Gasteiger partial charge in [-0.25, -0.2) is 0 Å². The van der Waals surface area contributed by atoms with E-state index in [0.717, 1.165) is 11.1 Å². The van der Waals surface area contributed by atoms with Gasteiger partial charge < -0.3 is 10.0 Å². The van der Waals surface area contributed by atoms with Crippen molar-refractivity contribution in [2.45, 2.75) is 13.5 Å². The van der Waals surface area contributed by atoms with E-state index in [0.29, 0.717) is 12.1 Å². The SMILES string of the molecule is Cc1ccc(O)c(C(=O)N(C)Cc2ccncc2)c1. The van der Waals surface area contributed by atoms with Crippen molar-refractivity contribution in [1.29, 1.82) is 0 Å². The number of amides is 1. The monoisotopic (exact) mass is 256 g/mol. The number of carbonyl (C=O) groups is 1. The average molecular weight is 256 g/mol. The predicted molar refractivity (Wildman–Crippen MR) is 72.9 cm³/mol. The van der Waals surface area contributed by atoms with E-state index in [4.69, 9.17) is 0 Å². The molecular formula is C15H16N2O2. The van der Waals surface area contributed by atoms with Crippen molar-refractivity contribution in [2.24, 2.45) is 0 Å². The fourth-order valence-corrected chi connectivity index (χ4v) is 1.86. The molecule has 98 valence electrons. The van der Waals surface area contributed by atoms with Crippen LogP contribution in [0.2, 0.25) is 0 Å². The Hall–Kier alpha value is -2.36. The van der Waals surface area contributed by atoms with E-state index in [1.165, 1.54) is 0 Å². The van der Waals surface area contributed by atoms with Gasteiger partial charge in [0, 0.05) is 26.0 Å². The number of nitrogens with zero attached hydrogens (tertiary/aromatic N) is 2. The molecule has 0 atom stereocenters. The Balaban J connectivity index is 2.17. The minimum atomic E-state index is -0.196. The van der Waals surface area contributed by atoms with Gasteiger partial charge in [-0.1, -0.05) is 11.6 Å². The van der Waals surface area contributed by atoms with E-state index in [9.17, 15) is 9.90 Å². The fraction of sp³-hybridized carbons (Fsp3) is 0.200. The van der Waals surface area contributed by atoms with Gasteiger partial charge in [0.15, 0.2) is 0 Å². The highest BCUT2D eigenvalue weighted by Crippen LogP contribution is 2.20. The number of benzene rings is 1. The van der Waals surface area contributed by atoms with Gasteiger partial charge in [-0.05, 0) is 36.8 Å². The molecule has 2 rings (SSSR count). The van der Waals surface area contributed by atoms with Gasteiger partial charge in [0.25, 0.3) is 5.91 Å². The van der Waals surface area contributed by atoms with E-state index in [1.807, 2.05) is 19.1 Å². The van der Waals surface area contributed by atoms with E-state index < -0.39 is 0 Å². The number of hydrogen-bond donors (Lipinski definition) is 1. The van der Waals surface area contributed by atoms with Crippen molar-refractivity contribution < 1.29 is 9.90 Å². The Kier molecular flexibility index (Phi) is 3.80. The number of phenols is 1. The maximum atomic E-state index is 12.3. The van der Waals surface area contributed by atoms with Crippen LogP contribution in [0, 0.1) is 6.92 Å². The van der Waals surface area contributed by atoms with E-state index in [2.05, 4.69) is 4.98 Å². The molecule has 0 aliphatic heterocycles. The molecule has 2 aromatic rings. The zero-order valence-corrected chi connectivity index (χ0v) is 11.0. The van der Waals surface area contributed by atoms with Crippen LogP contribution in [0.4, 0.5) is 0 Å². The van der Waals surface area contributed by atoms with Gasteiger partial charge in [0.2, 0.25) is 0 Å². The number of phenolic OH excluding ortho intramolecular Hbond substituents is 1. The Morgan fingerprint density at radius 1 is 1.26 bits per heavy atom. The van der Waals surface area contributed by atoms with Crippen LogP contribution in [0.3, 0.4) is 0 Å². The van der Waals surface area contributed by atoms with E-state index in [1.54, 1.807) is 42.5 Å². The second-order valence-corrected chi connectivity index (χ2v) is 4.54. The summed E-state index contributed by atoms with van der Waals surface area (Å²) >= 11 is 0. The molecule has 0 saturated carbocycles. The zero-order valence-electron chi connectivity index (χ0n) is 11.0. The standard InChI is InChI=1S/C15H16N2O2/c1-11-3-4-14(18)13(9-11)15(19)17(2)10-12-5-7-16-8-6-12/h3-9,18H,10H2,1-2H3. The van der Waals surface area contributed by atoms with Crippen molar-refractivity contribution in [3.8, 4) is 5.75 Å². The van der Waals surface area contributed by atoms with Gasteiger partial charge in [-0.15, -0.1) is 0 Å². The topological polar surface area (TPSA) is 53.4 Å². The first-order chi connectivity index (χ1) is 9.08. The van der Waals surface area contributed by atoms with Crippen LogP contribution in [-0.2, 0) is 6.54 Å². The Labute approximate surface area is 112 Å². The summed E-state index contributed by atoms with van der Waals surface area (Å²) in [5.41, 5.74) is 2.27. The molecule has 1 heterocycles. The minimum Gasteiger partial charge on any atom is -0.507 e. The van der Waals surface area contributed by atoms with Gasteiger partial charge >= 0.3 is 0 Å². The molecule has 0 radical (unpaired) electrons. The smallest absolute Gasteiger partial charge is 0.257 e. The highest BCUT2D eigenvalue weighted by Gasteiger charge is 2.16. The molecule has 4 nitrogen and oxygen atoms in total. The van der Waals surface area contributed by atoms with E-state index >= 15 is 0 Å². The lowest BCUT2D eigenvalue weighted by molar-refractivity contribution is 0.0782. The zero-order chi connectivity index (χ0) is 13.8. The molecule has 19 heavy (non-hydrogen) atoms. The molecule has 0 aliphatic carbocycles. The summed E-state index contributed by atoms with van der Waals surface area (Å²) in [6.45, 7) is 2.37. The maximum Gasteiger partial charge on any atom is 0.257 e. The summed E-state index contributed by atoms with van der Waals surface area (Å²) in [6.07, 6.45) is 3.38. The number of hydrogen-bond acceptors (Lipinski definition) is 3. The summed E-state index contributed by atoms with van der Waals surface area (Å²) in [7, 11) is 1.71. The van der Waals surface area contributed by atoms with Crippen molar-refractivity contribution in [2.75, 3.05) is 7.05 Å². The van der Waals surface area contributed by atoms with E-state index in [-0.39, 0.29) is 11.7 Å². The quantitative estimate of drug-likeness (QED) is 0.917. The number of aromatic nitrogens is 1. The third-order valence-electron chi connectivity index (χ3n) is 2.90. The second-order valence-electron chi connectivity index (χ2n) is 4.54. The van der Waals surface area contributed by atoms with Crippen LogP contribution in [0.1, 0.15) is 21.5 Å². The molecule has 1 aromatic heterocycles. The summed E-state index contributed by atoms with van der Waals surface area (Å²) in [5, 5.41) is 9.76. The molecule has 4 heteroatoms. The first kappa shape index (κ1) is 13.1. The van der Waals surface area contributed by atoms with Crippen LogP contribution < -0.4 is 0 Å². The van der Waals surface area contributed by atoms with Crippen LogP contribution in [0.25, 0.3) is 0 Å². The first-order valence-electron chi connectivity index (χ1n) is 6.02. The summed E-state index contributed by atoms with van der Waals surface area (Å²) in [4.78, 5) is 17.8. The number of pyridine rings is 1. The largest absolute Gasteiger partial charge is 0.507 e. The molecule has 1 aromatic carbocycles. The van der Waals surface area contributed by atoms with Crippen molar-refractivity contribution in [3.63, 3.8) is 0 Å². The molecule has 0 saturated heterocycles. The first-order valence-corrected chi connectivity index (χ1v) is 6.02. The van der Waals surface area contributed by atoms with Crippen LogP contribution in [0.15, 0.2) is 42.7 Å². The molecule has 0 aliphatic rings. The minimum absolute atomic E-state index is 0.0113.